The summed E-state index contributed by atoms with van der Waals surface area (Å²) in [6, 6.07) is 0. The first-order valence-corrected chi connectivity index (χ1v) is 6.94. The maximum absolute atomic E-state index is 9.78. The van der Waals surface area contributed by atoms with Crippen LogP contribution in [0.4, 0.5) is 0 Å². The van der Waals surface area contributed by atoms with Gasteiger partial charge in [-0.15, -0.1) is 0 Å². The molecule has 0 aromatic carbocycles. The van der Waals surface area contributed by atoms with E-state index in [0.29, 0.717) is 0 Å². The van der Waals surface area contributed by atoms with Gasteiger partial charge in [-0.05, 0) is 0 Å². The molecule has 0 saturated carbocycles. The number of rotatable bonds is 4. The molecule has 0 aromatic heterocycles. The predicted molar refractivity (Wildman–Crippen MR) is 67.5 cm³/mol. The number of hydrogen-bond donors (Lipinski definition) is 7. The van der Waals surface area contributed by atoms with Gasteiger partial charge in [0.2, 0.25) is 0 Å². The minimum absolute atomic E-state index is 0.194. The third kappa shape index (κ3) is 3.57. The van der Waals surface area contributed by atoms with Crippen LogP contribution < -0.4 is 0 Å². The van der Waals surface area contributed by atoms with Gasteiger partial charge in [0.15, 0.2) is 6.29 Å². The smallest absolute Gasteiger partial charge is 0.186 e. The molecule has 0 spiro atoms. The van der Waals surface area contributed by atoms with E-state index >= 15 is 0 Å². The fourth-order valence-electron chi connectivity index (χ4n) is 2.41. The summed E-state index contributed by atoms with van der Waals surface area (Å²) in [7, 11) is 0. The summed E-state index contributed by atoms with van der Waals surface area (Å²) >= 11 is 0. The molecule has 10 heteroatoms. The molecule has 0 aromatic rings. The Bertz CT molecular complexity index is 353. The largest absolute Gasteiger partial charge is 0.394 e. The van der Waals surface area contributed by atoms with Gasteiger partial charge in [0.1, 0.15) is 48.8 Å². The van der Waals surface area contributed by atoms with E-state index in [4.69, 9.17) is 19.3 Å². The summed E-state index contributed by atoms with van der Waals surface area (Å²) in [5.74, 6) is 0. The van der Waals surface area contributed by atoms with Gasteiger partial charge in [0.05, 0.1) is 19.8 Å². The van der Waals surface area contributed by atoms with Crippen molar-refractivity contribution in [3.05, 3.63) is 0 Å². The molecular formula is C12H22O10. The molecular weight excluding hydrogens is 304 g/mol. The molecule has 2 heterocycles. The van der Waals surface area contributed by atoms with E-state index in [0.717, 1.165) is 0 Å². The van der Waals surface area contributed by atoms with Crippen molar-refractivity contribution in [3.63, 3.8) is 0 Å². The van der Waals surface area contributed by atoms with E-state index < -0.39 is 61.7 Å². The van der Waals surface area contributed by atoms with Crippen LogP contribution in [0.25, 0.3) is 0 Å². The Morgan fingerprint density at radius 2 is 1.45 bits per heavy atom. The third-order valence-electron chi connectivity index (χ3n) is 3.88. The predicted octanol–water partition coefficient (Wildman–Crippen LogP) is -4.72. The van der Waals surface area contributed by atoms with Crippen molar-refractivity contribution < 1.29 is 50.0 Å². The lowest BCUT2D eigenvalue weighted by Gasteiger charge is -2.41. The summed E-state index contributed by atoms with van der Waals surface area (Å²) in [4.78, 5) is 0. The quantitative estimate of drug-likeness (QED) is 0.266. The standard InChI is InChI=1S/C12H22O10/c13-1-5-8(16)10(18)11(19)12(22-5)21-3-6-9(17)7(15)4(14)2-20-6/h4-19H,1-3H2/t4-,5+,6+,7+,8-,9-,10-,11+,12-/m0/s1. The zero-order valence-electron chi connectivity index (χ0n) is 11.7. The summed E-state index contributed by atoms with van der Waals surface area (Å²) in [6.07, 6.45) is -12.0. The number of aliphatic hydroxyl groups excluding tert-OH is 7. The Kier molecular flexibility index (Phi) is 6.07. The molecule has 0 unspecified atom stereocenters. The topological polar surface area (TPSA) is 169 Å². The van der Waals surface area contributed by atoms with E-state index in [2.05, 4.69) is 0 Å². The Morgan fingerprint density at radius 1 is 0.818 bits per heavy atom. The van der Waals surface area contributed by atoms with Gasteiger partial charge in [-0.3, -0.25) is 0 Å². The molecule has 2 rings (SSSR count). The first-order chi connectivity index (χ1) is 10.4. The van der Waals surface area contributed by atoms with Crippen molar-refractivity contribution >= 4 is 0 Å². The lowest BCUT2D eigenvalue weighted by Crippen LogP contribution is -2.60. The highest BCUT2D eigenvalue weighted by atomic mass is 16.7. The molecule has 0 radical (unpaired) electrons. The molecule has 7 N–H and O–H groups in total. The van der Waals surface area contributed by atoms with Crippen LogP contribution in [-0.2, 0) is 14.2 Å². The number of hydrogen-bond acceptors (Lipinski definition) is 10. The van der Waals surface area contributed by atoms with Crippen LogP contribution in [0.3, 0.4) is 0 Å². The van der Waals surface area contributed by atoms with Crippen molar-refractivity contribution in [3.8, 4) is 0 Å². The van der Waals surface area contributed by atoms with Crippen LogP contribution in [0, 0.1) is 0 Å². The lowest BCUT2D eigenvalue weighted by molar-refractivity contribution is -0.310. The maximum Gasteiger partial charge on any atom is 0.186 e. The monoisotopic (exact) mass is 326 g/mol. The third-order valence-corrected chi connectivity index (χ3v) is 3.88. The van der Waals surface area contributed by atoms with E-state index in [9.17, 15) is 30.6 Å². The SMILES string of the molecule is OC[C@H]1O[C@H](OC[C@H]2OC[C@H](O)[C@@H](O)[C@H]2O)[C@H](O)[C@@H](O)[C@H]1O. The lowest BCUT2D eigenvalue weighted by atomic mass is 9.99. The van der Waals surface area contributed by atoms with Crippen LogP contribution in [0.15, 0.2) is 0 Å². The first kappa shape index (κ1) is 17.9. The second kappa shape index (κ2) is 7.45. The van der Waals surface area contributed by atoms with Gasteiger partial charge in [-0.2, -0.15) is 0 Å². The van der Waals surface area contributed by atoms with E-state index in [1.165, 1.54) is 0 Å². The molecule has 9 atom stereocenters. The van der Waals surface area contributed by atoms with Crippen LogP contribution in [0.1, 0.15) is 0 Å². The summed E-state index contributed by atoms with van der Waals surface area (Å²) in [6.45, 7) is -1.08. The maximum atomic E-state index is 9.78. The molecule has 2 fully saturated rings. The van der Waals surface area contributed by atoms with E-state index in [1.54, 1.807) is 0 Å². The van der Waals surface area contributed by atoms with Crippen LogP contribution in [0.5, 0.6) is 0 Å². The average Bonchev–Trinajstić information content (AvgIpc) is 2.51. The van der Waals surface area contributed by atoms with E-state index in [-0.39, 0.29) is 13.2 Å². The minimum atomic E-state index is -1.57. The van der Waals surface area contributed by atoms with Crippen LogP contribution >= 0.6 is 0 Å². The molecule has 0 amide bonds. The van der Waals surface area contributed by atoms with Gasteiger partial charge in [-0.1, -0.05) is 0 Å². The van der Waals surface area contributed by atoms with Crippen LogP contribution in [-0.4, -0.2) is 111 Å². The second-order valence-corrected chi connectivity index (χ2v) is 5.45. The van der Waals surface area contributed by atoms with Crippen molar-refractivity contribution in [2.75, 3.05) is 19.8 Å². The Balaban J connectivity index is 1.90. The van der Waals surface area contributed by atoms with Crippen molar-refractivity contribution in [2.24, 2.45) is 0 Å². The number of ether oxygens (including phenoxy) is 3. The fourth-order valence-corrected chi connectivity index (χ4v) is 2.41. The van der Waals surface area contributed by atoms with Crippen LogP contribution in [0.2, 0.25) is 0 Å². The van der Waals surface area contributed by atoms with Gasteiger partial charge in [-0.25, -0.2) is 0 Å². The Hall–Kier alpha value is -0.400. The highest BCUT2D eigenvalue weighted by molar-refractivity contribution is 4.90. The molecule has 2 saturated heterocycles. The van der Waals surface area contributed by atoms with Crippen molar-refractivity contribution in [1.29, 1.82) is 0 Å². The Morgan fingerprint density at radius 3 is 2.09 bits per heavy atom. The van der Waals surface area contributed by atoms with Gasteiger partial charge >= 0.3 is 0 Å². The summed E-state index contributed by atoms with van der Waals surface area (Å²) in [5, 5.41) is 66.7. The highest BCUT2D eigenvalue weighted by Gasteiger charge is 2.45. The van der Waals surface area contributed by atoms with Gasteiger partial charge in [0, 0.05) is 0 Å². The summed E-state index contributed by atoms with van der Waals surface area (Å²) in [5.41, 5.74) is 0. The average molecular weight is 326 g/mol. The Labute approximate surface area is 126 Å². The molecule has 2 aliphatic rings. The summed E-state index contributed by atoms with van der Waals surface area (Å²) < 4.78 is 15.4. The normalized spacial score (nSPS) is 50.0. The van der Waals surface area contributed by atoms with Crippen molar-refractivity contribution in [2.45, 2.75) is 55.1 Å². The zero-order chi connectivity index (χ0) is 16.4. The molecule has 0 bridgehead atoms. The van der Waals surface area contributed by atoms with Gasteiger partial charge < -0.3 is 50.0 Å². The van der Waals surface area contributed by atoms with E-state index in [1.807, 2.05) is 0 Å². The van der Waals surface area contributed by atoms with Gasteiger partial charge in [0.25, 0.3) is 0 Å². The fraction of sp³-hybridized carbons (Fsp3) is 1.00. The molecule has 0 aliphatic carbocycles. The zero-order valence-corrected chi connectivity index (χ0v) is 11.7. The second-order valence-electron chi connectivity index (χ2n) is 5.45. The first-order valence-electron chi connectivity index (χ1n) is 6.94. The minimum Gasteiger partial charge on any atom is -0.394 e. The number of aliphatic hydroxyl groups is 7. The van der Waals surface area contributed by atoms with Crippen molar-refractivity contribution in [1.82, 2.24) is 0 Å². The molecule has 22 heavy (non-hydrogen) atoms. The molecule has 130 valence electrons. The molecule has 10 nitrogen and oxygen atoms in total. The molecule has 2 aliphatic heterocycles. The highest BCUT2D eigenvalue weighted by Crippen LogP contribution is 2.23.